The Balaban J connectivity index is 0.00000133. The summed E-state index contributed by atoms with van der Waals surface area (Å²) in [5, 5.41) is 13.0. The first-order chi connectivity index (χ1) is 16.6. The van der Waals surface area contributed by atoms with Crippen molar-refractivity contribution in [2.24, 2.45) is 0 Å². The molecule has 0 amide bonds. The number of nitrogens with zero attached hydrogens (tertiary/aromatic N) is 3. The Kier molecular flexibility index (Phi) is 7.59. The monoisotopic (exact) mass is 465 g/mol. The number of hydrogen-bond acceptors (Lipinski definition) is 5. The standard InChI is InChI=1S/C25H23F2N3O2.C2H6/c26-21-2-1-3-22(27)23(21)24-20(25(32-29-24)17-6-7-17)15-31-19-10-12-30(13-11-19)18-8-4-16(14-28)5-9-18;1-2/h1-5,8-9,17,19H,6-7,10-13,15H2;1-2H3. The average Bonchev–Trinajstić information content (AvgIpc) is 3.64. The van der Waals surface area contributed by atoms with E-state index in [1.54, 1.807) is 0 Å². The molecule has 1 saturated carbocycles. The van der Waals surface area contributed by atoms with Crippen molar-refractivity contribution < 1.29 is 18.0 Å². The Morgan fingerprint density at radius 3 is 2.26 bits per heavy atom. The van der Waals surface area contributed by atoms with Crippen molar-refractivity contribution >= 4 is 5.69 Å². The maximum atomic E-state index is 14.4. The lowest BCUT2D eigenvalue weighted by molar-refractivity contribution is 0.0246. The first-order valence-corrected chi connectivity index (χ1v) is 11.9. The molecule has 2 fully saturated rings. The predicted octanol–water partition coefficient (Wildman–Crippen LogP) is 6.58. The fourth-order valence-electron chi connectivity index (χ4n) is 4.28. The predicted molar refractivity (Wildman–Crippen MR) is 126 cm³/mol. The quantitative estimate of drug-likeness (QED) is 0.411. The second-order valence-electron chi connectivity index (χ2n) is 8.40. The van der Waals surface area contributed by atoms with Crippen LogP contribution in [0.4, 0.5) is 14.5 Å². The van der Waals surface area contributed by atoms with Crippen molar-refractivity contribution in [3.05, 3.63) is 71.0 Å². The van der Waals surface area contributed by atoms with Gasteiger partial charge in [0.15, 0.2) is 0 Å². The molecule has 1 saturated heterocycles. The molecule has 0 spiro atoms. The first-order valence-electron chi connectivity index (χ1n) is 11.9. The zero-order valence-electron chi connectivity index (χ0n) is 19.6. The molecule has 0 bridgehead atoms. The summed E-state index contributed by atoms with van der Waals surface area (Å²) in [5.41, 5.74) is 2.45. The van der Waals surface area contributed by atoms with Gasteiger partial charge in [-0.3, -0.25) is 0 Å². The van der Waals surface area contributed by atoms with E-state index >= 15 is 0 Å². The van der Waals surface area contributed by atoms with E-state index in [-0.39, 0.29) is 29.9 Å². The second-order valence-corrected chi connectivity index (χ2v) is 8.40. The van der Waals surface area contributed by atoms with Gasteiger partial charge in [-0.1, -0.05) is 25.1 Å². The molecule has 1 aromatic heterocycles. The van der Waals surface area contributed by atoms with E-state index < -0.39 is 11.6 Å². The number of ether oxygens (including phenoxy) is 1. The lowest BCUT2D eigenvalue weighted by Gasteiger charge is -2.33. The molecule has 2 aromatic carbocycles. The smallest absolute Gasteiger partial charge is 0.145 e. The molecule has 34 heavy (non-hydrogen) atoms. The normalized spacial score (nSPS) is 16.0. The molecule has 2 aliphatic rings. The molecule has 0 unspecified atom stereocenters. The van der Waals surface area contributed by atoms with Crippen LogP contribution in [-0.4, -0.2) is 24.4 Å². The minimum absolute atomic E-state index is 0.0462. The van der Waals surface area contributed by atoms with E-state index in [1.165, 1.54) is 18.2 Å². The first kappa shape index (κ1) is 23.9. The number of anilines is 1. The highest BCUT2D eigenvalue weighted by atomic mass is 19.1. The van der Waals surface area contributed by atoms with Gasteiger partial charge in [0.05, 0.1) is 29.9 Å². The van der Waals surface area contributed by atoms with Crippen LogP contribution < -0.4 is 4.90 Å². The fraction of sp³-hybridized carbons (Fsp3) is 0.407. The van der Waals surface area contributed by atoms with Gasteiger partial charge >= 0.3 is 0 Å². The topological polar surface area (TPSA) is 62.3 Å². The molecular weight excluding hydrogens is 436 g/mol. The number of piperidine rings is 1. The summed E-state index contributed by atoms with van der Waals surface area (Å²) in [4.78, 5) is 2.27. The molecule has 1 aliphatic carbocycles. The van der Waals surface area contributed by atoms with Crippen LogP contribution in [0.5, 0.6) is 0 Å². The summed E-state index contributed by atoms with van der Waals surface area (Å²) >= 11 is 0. The summed E-state index contributed by atoms with van der Waals surface area (Å²) in [6, 6.07) is 13.5. The molecule has 3 aromatic rings. The van der Waals surface area contributed by atoms with E-state index in [9.17, 15) is 8.78 Å². The van der Waals surface area contributed by atoms with Crippen molar-refractivity contribution in [1.29, 1.82) is 5.26 Å². The van der Waals surface area contributed by atoms with E-state index in [4.69, 9.17) is 14.5 Å². The Morgan fingerprint density at radius 1 is 1.03 bits per heavy atom. The van der Waals surface area contributed by atoms with Crippen molar-refractivity contribution in [3.8, 4) is 17.3 Å². The SMILES string of the molecule is CC.N#Cc1ccc(N2CCC(OCc3c(-c4c(F)cccc4F)noc3C3CC3)CC2)cc1. The summed E-state index contributed by atoms with van der Waals surface area (Å²) in [6.45, 7) is 5.90. The zero-order valence-corrected chi connectivity index (χ0v) is 19.6. The molecule has 178 valence electrons. The minimum atomic E-state index is -0.655. The van der Waals surface area contributed by atoms with Crippen LogP contribution in [0.1, 0.15) is 62.3 Å². The largest absolute Gasteiger partial charge is 0.373 e. The van der Waals surface area contributed by atoms with Crippen molar-refractivity contribution in [2.45, 2.75) is 58.2 Å². The Bertz CT molecular complexity index is 1120. The van der Waals surface area contributed by atoms with E-state index in [1.807, 2.05) is 38.1 Å². The lowest BCUT2D eigenvalue weighted by atomic mass is 10.0. The van der Waals surface area contributed by atoms with Gasteiger partial charge < -0.3 is 14.2 Å². The van der Waals surface area contributed by atoms with Gasteiger partial charge in [0.2, 0.25) is 0 Å². The molecular formula is C27H29F2N3O2. The van der Waals surface area contributed by atoms with Gasteiger partial charge in [0, 0.05) is 30.3 Å². The maximum Gasteiger partial charge on any atom is 0.145 e. The van der Waals surface area contributed by atoms with Gasteiger partial charge in [-0.25, -0.2) is 8.78 Å². The van der Waals surface area contributed by atoms with Gasteiger partial charge in [0.25, 0.3) is 0 Å². The molecule has 2 heterocycles. The molecule has 1 aliphatic heterocycles. The van der Waals surface area contributed by atoms with Crippen LogP contribution in [0.15, 0.2) is 47.0 Å². The van der Waals surface area contributed by atoms with Crippen LogP contribution in [0, 0.1) is 23.0 Å². The zero-order chi connectivity index (χ0) is 24.1. The van der Waals surface area contributed by atoms with Crippen LogP contribution in [0.3, 0.4) is 0 Å². The van der Waals surface area contributed by atoms with Gasteiger partial charge in [-0.15, -0.1) is 0 Å². The summed E-state index contributed by atoms with van der Waals surface area (Å²) in [7, 11) is 0. The van der Waals surface area contributed by atoms with Crippen molar-refractivity contribution in [3.63, 3.8) is 0 Å². The third kappa shape index (κ3) is 5.13. The third-order valence-electron chi connectivity index (χ3n) is 6.23. The molecule has 0 atom stereocenters. The number of rotatable bonds is 6. The van der Waals surface area contributed by atoms with Gasteiger partial charge in [-0.05, 0) is 62.1 Å². The number of hydrogen-bond donors (Lipinski definition) is 0. The fourth-order valence-corrected chi connectivity index (χ4v) is 4.28. The minimum Gasteiger partial charge on any atom is -0.373 e. The number of benzene rings is 2. The highest BCUT2D eigenvalue weighted by Crippen LogP contribution is 2.45. The van der Waals surface area contributed by atoms with Crippen LogP contribution >= 0.6 is 0 Å². The van der Waals surface area contributed by atoms with Crippen LogP contribution in [0.2, 0.25) is 0 Å². The summed E-state index contributed by atoms with van der Waals surface area (Å²) in [5.74, 6) is -0.365. The third-order valence-corrected chi connectivity index (χ3v) is 6.23. The average molecular weight is 466 g/mol. The van der Waals surface area contributed by atoms with Crippen molar-refractivity contribution in [2.75, 3.05) is 18.0 Å². The Morgan fingerprint density at radius 2 is 1.68 bits per heavy atom. The van der Waals surface area contributed by atoms with Gasteiger partial charge in [0.1, 0.15) is 23.1 Å². The van der Waals surface area contributed by atoms with E-state index in [0.717, 1.165) is 44.5 Å². The second kappa shape index (κ2) is 10.8. The molecule has 0 radical (unpaired) electrons. The van der Waals surface area contributed by atoms with Crippen LogP contribution in [-0.2, 0) is 11.3 Å². The summed E-state index contributed by atoms with van der Waals surface area (Å²) < 4.78 is 40.5. The molecule has 7 heteroatoms. The molecule has 5 nitrogen and oxygen atoms in total. The maximum absolute atomic E-state index is 14.4. The highest BCUT2D eigenvalue weighted by molar-refractivity contribution is 5.65. The van der Waals surface area contributed by atoms with Gasteiger partial charge in [-0.2, -0.15) is 5.26 Å². The highest BCUT2D eigenvalue weighted by Gasteiger charge is 2.34. The van der Waals surface area contributed by atoms with E-state index in [2.05, 4.69) is 16.1 Å². The Hall–Kier alpha value is -3.24. The molecule has 0 N–H and O–H groups in total. The molecule has 5 rings (SSSR count). The Labute approximate surface area is 198 Å². The van der Waals surface area contributed by atoms with Crippen molar-refractivity contribution in [1.82, 2.24) is 5.16 Å². The number of nitriles is 1. The van der Waals surface area contributed by atoms with Crippen LogP contribution in [0.25, 0.3) is 11.3 Å². The summed E-state index contributed by atoms with van der Waals surface area (Å²) in [6.07, 6.45) is 3.71. The number of aromatic nitrogens is 1. The van der Waals surface area contributed by atoms with E-state index in [0.29, 0.717) is 16.9 Å². The number of halogens is 2. The lowest BCUT2D eigenvalue weighted by Crippen LogP contribution is -2.37.